The Labute approximate surface area is 136 Å². The number of rotatable bonds is 2. The first kappa shape index (κ1) is 13.2. The Bertz CT molecular complexity index is 952. The first-order valence-corrected chi connectivity index (χ1v) is 8.25. The molecule has 0 aliphatic heterocycles. The summed E-state index contributed by atoms with van der Waals surface area (Å²) in [5, 5.41) is 5.95. The minimum absolute atomic E-state index is 0.669. The van der Waals surface area contributed by atoms with Crippen LogP contribution in [0.3, 0.4) is 0 Å². The van der Waals surface area contributed by atoms with Crippen LogP contribution in [0.2, 0.25) is 10.0 Å². The number of fused-ring (bicyclic) bond motifs is 2. The van der Waals surface area contributed by atoms with Gasteiger partial charge in [-0.15, -0.1) is 11.3 Å². The minimum atomic E-state index is 0.669. The molecule has 0 fully saturated rings. The van der Waals surface area contributed by atoms with Crippen LogP contribution in [0.1, 0.15) is 5.56 Å². The van der Waals surface area contributed by atoms with Gasteiger partial charge in [0.2, 0.25) is 0 Å². The van der Waals surface area contributed by atoms with Crippen LogP contribution in [-0.2, 0) is 6.54 Å². The number of aromatic nitrogens is 1. The lowest BCUT2D eigenvalue weighted by molar-refractivity contribution is 0.846. The Morgan fingerprint density at radius 3 is 2.76 bits per heavy atom. The average Bonchev–Trinajstić information content (AvgIpc) is 3.05. The largest absolute Gasteiger partial charge is 0.343 e. The topological polar surface area (TPSA) is 4.93 Å². The van der Waals surface area contributed by atoms with Crippen molar-refractivity contribution in [3.63, 3.8) is 0 Å². The molecule has 0 amide bonds. The van der Waals surface area contributed by atoms with Gasteiger partial charge in [0, 0.05) is 27.9 Å². The number of nitrogens with zero attached hydrogens (tertiary/aromatic N) is 1. The molecule has 2 heterocycles. The van der Waals surface area contributed by atoms with Crippen LogP contribution in [0.15, 0.2) is 54.0 Å². The van der Waals surface area contributed by atoms with E-state index in [0.29, 0.717) is 10.0 Å². The Balaban J connectivity index is 1.84. The highest BCUT2D eigenvalue weighted by atomic mass is 35.5. The van der Waals surface area contributed by atoms with Crippen LogP contribution in [0.4, 0.5) is 0 Å². The van der Waals surface area contributed by atoms with Gasteiger partial charge in [0.25, 0.3) is 0 Å². The number of hydrogen-bond acceptors (Lipinski definition) is 1. The molecule has 0 saturated carbocycles. The van der Waals surface area contributed by atoms with Gasteiger partial charge in [-0.3, -0.25) is 0 Å². The van der Waals surface area contributed by atoms with E-state index in [2.05, 4.69) is 40.4 Å². The summed E-state index contributed by atoms with van der Waals surface area (Å²) < 4.78 is 3.52. The van der Waals surface area contributed by atoms with Gasteiger partial charge in [0.1, 0.15) is 0 Å². The van der Waals surface area contributed by atoms with E-state index in [4.69, 9.17) is 23.2 Å². The minimum Gasteiger partial charge on any atom is -0.343 e. The fourth-order valence-corrected chi connectivity index (χ4v) is 4.19. The van der Waals surface area contributed by atoms with Crippen molar-refractivity contribution in [2.45, 2.75) is 6.54 Å². The molecule has 2 aromatic carbocycles. The van der Waals surface area contributed by atoms with Crippen molar-refractivity contribution in [1.29, 1.82) is 0 Å². The first-order valence-electron chi connectivity index (χ1n) is 6.61. The Morgan fingerprint density at radius 1 is 1.00 bits per heavy atom. The van der Waals surface area contributed by atoms with E-state index in [1.807, 2.05) is 12.1 Å². The van der Waals surface area contributed by atoms with Crippen LogP contribution >= 0.6 is 34.5 Å². The second-order valence-electron chi connectivity index (χ2n) is 5.02. The van der Waals surface area contributed by atoms with E-state index in [1.54, 1.807) is 17.4 Å². The lowest BCUT2D eigenvalue weighted by Gasteiger charge is -2.06. The number of halogens is 2. The fraction of sp³-hybridized carbons (Fsp3) is 0.0588. The molecule has 4 aromatic rings. The highest BCUT2D eigenvalue weighted by molar-refractivity contribution is 7.17. The SMILES string of the molecule is Clc1cc(Cl)c2ccn(Cc3csc4ccccc34)c2c1. The molecule has 0 N–H and O–H groups in total. The third-order valence-electron chi connectivity index (χ3n) is 3.70. The molecule has 4 rings (SSSR count). The third-order valence-corrected chi connectivity index (χ3v) is 5.25. The summed E-state index contributed by atoms with van der Waals surface area (Å²) >= 11 is 14.2. The summed E-state index contributed by atoms with van der Waals surface area (Å²) in [7, 11) is 0. The highest BCUT2D eigenvalue weighted by Gasteiger charge is 2.09. The molecule has 0 saturated heterocycles. The van der Waals surface area contributed by atoms with Gasteiger partial charge in [-0.05, 0) is 40.6 Å². The molecule has 4 heteroatoms. The summed E-state index contributed by atoms with van der Waals surface area (Å²) in [6, 6.07) is 14.3. The summed E-state index contributed by atoms with van der Waals surface area (Å²) in [4.78, 5) is 0. The quantitative estimate of drug-likeness (QED) is 0.411. The molecule has 2 aromatic heterocycles. The maximum Gasteiger partial charge on any atom is 0.0514 e. The van der Waals surface area contributed by atoms with E-state index in [-0.39, 0.29) is 0 Å². The average molecular weight is 332 g/mol. The molecule has 0 radical (unpaired) electrons. The summed E-state index contributed by atoms with van der Waals surface area (Å²) in [5.41, 5.74) is 2.40. The van der Waals surface area contributed by atoms with E-state index in [0.717, 1.165) is 17.4 Å². The first-order chi connectivity index (χ1) is 10.2. The molecule has 0 aliphatic carbocycles. The second kappa shape index (κ2) is 5.06. The van der Waals surface area contributed by atoms with Gasteiger partial charge in [0.05, 0.1) is 10.5 Å². The van der Waals surface area contributed by atoms with Gasteiger partial charge in [-0.2, -0.15) is 0 Å². The monoisotopic (exact) mass is 331 g/mol. The van der Waals surface area contributed by atoms with Crippen molar-refractivity contribution in [2.75, 3.05) is 0 Å². The van der Waals surface area contributed by atoms with Gasteiger partial charge >= 0.3 is 0 Å². The molecule has 21 heavy (non-hydrogen) atoms. The molecule has 104 valence electrons. The zero-order valence-corrected chi connectivity index (χ0v) is 13.3. The molecular weight excluding hydrogens is 321 g/mol. The lowest BCUT2D eigenvalue weighted by atomic mass is 10.2. The van der Waals surface area contributed by atoms with E-state index in [1.165, 1.54) is 15.6 Å². The second-order valence-corrected chi connectivity index (χ2v) is 6.78. The smallest absolute Gasteiger partial charge is 0.0514 e. The molecular formula is C17H11Cl2NS. The maximum absolute atomic E-state index is 6.26. The van der Waals surface area contributed by atoms with Crippen LogP contribution in [0.25, 0.3) is 21.0 Å². The number of thiophene rings is 1. The van der Waals surface area contributed by atoms with Gasteiger partial charge in [-0.1, -0.05) is 41.4 Å². The Hall–Kier alpha value is -1.48. The standard InChI is InChI=1S/C17H11Cl2NS/c18-12-7-15(19)14-5-6-20(16(14)8-12)9-11-10-21-17-4-2-1-3-13(11)17/h1-8,10H,9H2. The van der Waals surface area contributed by atoms with E-state index < -0.39 is 0 Å². The third kappa shape index (κ3) is 2.24. The summed E-state index contributed by atoms with van der Waals surface area (Å²) in [5.74, 6) is 0. The van der Waals surface area contributed by atoms with Crippen molar-refractivity contribution in [2.24, 2.45) is 0 Å². The molecule has 0 unspecified atom stereocenters. The van der Waals surface area contributed by atoms with Gasteiger partial charge < -0.3 is 4.57 Å². The van der Waals surface area contributed by atoms with Gasteiger partial charge in [0.15, 0.2) is 0 Å². The molecule has 0 aliphatic rings. The van der Waals surface area contributed by atoms with Crippen LogP contribution < -0.4 is 0 Å². The van der Waals surface area contributed by atoms with Crippen LogP contribution in [0.5, 0.6) is 0 Å². The van der Waals surface area contributed by atoms with Gasteiger partial charge in [-0.25, -0.2) is 0 Å². The predicted molar refractivity (Wildman–Crippen MR) is 92.9 cm³/mol. The van der Waals surface area contributed by atoms with Crippen molar-refractivity contribution in [3.05, 3.63) is 69.7 Å². The number of benzene rings is 2. The molecule has 0 bridgehead atoms. The van der Waals surface area contributed by atoms with Crippen LogP contribution in [-0.4, -0.2) is 4.57 Å². The van der Waals surface area contributed by atoms with Crippen molar-refractivity contribution >= 4 is 55.5 Å². The Kier molecular flexibility index (Phi) is 3.18. The highest BCUT2D eigenvalue weighted by Crippen LogP contribution is 2.31. The van der Waals surface area contributed by atoms with Crippen molar-refractivity contribution in [1.82, 2.24) is 4.57 Å². The zero-order valence-electron chi connectivity index (χ0n) is 11.0. The van der Waals surface area contributed by atoms with E-state index in [9.17, 15) is 0 Å². The Morgan fingerprint density at radius 2 is 1.86 bits per heavy atom. The number of hydrogen-bond donors (Lipinski definition) is 0. The summed E-state index contributed by atoms with van der Waals surface area (Å²) in [6.07, 6.45) is 2.07. The van der Waals surface area contributed by atoms with Crippen LogP contribution in [0, 0.1) is 0 Å². The fourth-order valence-electron chi connectivity index (χ4n) is 2.70. The van der Waals surface area contributed by atoms with Crippen molar-refractivity contribution in [3.8, 4) is 0 Å². The van der Waals surface area contributed by atoms with Crippen molar-refractivity contribution < 1.29 is 0 Å². The van der Waals surface area contributed by atoms with E-state index >= 15 is 0 Å². The molecule has 1 nitrogen and oxygen atoms in total. The molecule has 0 spiro atoms. The normalized spacial score (nSPS) is 11.5. The molecule has 0 atom stereocenters. The maximum atomic E-state index is 6.26. The predicted octanol–water partition coefficient (Wildman–Crippen LogP) is 6.21. The zero-order chi connectivity index (χ0) is 14.4. The lowest BCUT2D eigenvalue weighted by Crippen LogP contribution is -1.96. The summed E-state index contributed by atoms with van der Waals surface area (Å²) in [6.45, 7) is 0.824.